The number of esters is 1. The van der Waals surface area contributed by atoms with Crippen molar-refractivity contribution < 1.29 is 28.3 Å². The fourth-order valence-corrected chi connectivity index (χ4v) is 12.3. The van der Waals surface area contributed by atoms with Gasteiger partial charge in [-0.2, -0.15) is 0 Å². The molecule has 0 aliphatic heterocycles. The third-order valence-electron chi connectivity index (χ3n) is 9.26. The van der Waals surface area contributed by atoms with Crippen LogP contribution in [0.1, 0.15) is 61.0 Å². The molecule has 0 aliphatic rings. The molecule has 6 nitrogen and oxygen atoms in total. The van der Waals surface area contributed by atoms with E-state index >= 15 is 0 Å². The summed E-state index contributed by atoms with van der Waals surface area (Å²) in [5.74, 6) is -0.363. The molecule has 0 radical (unpaired) electrons. The van der Waals surface area contributed by atoms with Crippen LogP contribution in [0.25, 0.3) is 0 Å². The Bertz CT molecular complexity index is 2280. The third-order valence-corrected chi connectivity index (χ3v) is 15.6. The van der Waals surface area contributed by atoms with Crippen LogP contribution < -0.4 is 21.2 Å². The van der Waals surface area contributed by atoms with Gasteiger partial charge in [0.25, 0.3) is 0 Å². The summed E-state index contributed by atoms with van der Waals surface area (Å²) in [4.78, 5) is 38.5. The Morgan fingerprint density at radius 1 is 0.491 bits per heavy atom. The van der Waals surface area contributed by atoms with Gasteiger partial charge in [0, 0.05) is 44.6 Å². The van der Waals surface area contributed by atoms with Crippen molar-refractivity contribution in [2.45, 2.75) is 46.6 Å². The molecular formula is C46H43BrO6P2. The fraction of sp³-hybridized carbons (Fsp3) is 0.152. The minimum Gasteiger partial charge on any atom is -0.461 e. The number of hydrogen-bond donors (Lipinski definition) is 0. The van der Waals surface area contributed by atoms with Gasteiger partial charge in [0.15, 0.2) is 0 Å². The molecule has 280 valence electrons. The van der Waals surface area contributed by atoms with Gasteiger partial charge in [-0.3, -0.25) is 14.4 Å². The number of rotatable bonds is 11. The van der Waals surface area contributed by atoms with Crippen molar-refractivity contribution >= 4 is 68.4 Å². The van der Waals surface area contributed by atoms with Crippen LogP contribution in [-0.2, 0) is 30.6 Å². The molecule has 55 heavy (non-hydrogen) atoms. The lowest BCUT2D eigenvalue weighted by atomic mass is 10.0. The Morgan fingerprint density at radius 3 is 1.02 bits per heavy atom. The number of hydrogen-bond acceptors (Lipinski definition) is 6. The van der Waals surface area contributed by atoms with Gasteiger partial charge in [0.2, 0.25) is 25.3 Å². The van der Waals surface area contributed by atoms with E-state index < -0.39 is 14.3 Å². The average Bonchev–Trinajstić information content (AvgIpc) is 3.20. The van der Waals surface area contributed by atoms with Crippen LogP contribution in [-0.4, -0.2) is 17.0 Å². The highest BCUT2D eigenvalue weighted by atomic mass is 79.9. The molecule has 0 aromatic heterocycles. The molecule has 6 rings (SSSR count). The predicted octanol–water partition coefficient (Wildman–Crippen LogP) is 9.87. The first-order valence-corrected chi connectivity index (χ1v) is 22.3. The van der Waals surface area contributed by atoms with Gasteiger partial charge in [-0.05, 0) is 61.1 Å². The summed E-state index contributed by atoms with van der Waals surface area (Å²) < 4.78 is 33.6. The summed E-state index contributed by atoms with van der Waals surface area (Å²) in [5, 5.41) is 2.88. The molecule has 0 heterocycles. The topological polar surface area (TPSA) is 94.6 Å². The predicted molar refractivity (Wildman–Crippen MR) is 228 cm³/mol. The second-order valence-electron chi connectivity index (χ2n) is 13.3. The maximum Gasteiger partial charge on any atom is 0.302 e. The second kappa shape index (κ2) is 18.1. The molecule has 6 aromatic rings. The van der Waals surface area contributed by atoms with Crippen LogP contribution in [0.4, 0.5) is 0 Å². The maximum absolute atomic E-state index is 14.3. The summed E-state index contributed by atoms with van der Waals surface area (Å²) in [6.07, 6.45) is 0. The van der Waals surface area contributed by atoms with E-state index in [9.17, 15) is 23.5 Å². The quantitative estimate of drug-likeness (QED) is 0.0733. The molecule has 0 unspecified atom stereocenters. The molecule has 0 spiro atoms. The number of ether oxygens (including phenoxy) is 1. The van der Waals surface area contributed by atoms with Gasteiger partial charge in [-0.1, -0.05) is 162 Å². The van der Waals surface area contributed by atoms with Crippen LogP contribution in [0.5, 0.6) is 0 Å². The normalized spacial score (nSPS) is 11.2. The van der Waals surface area contributed by atoms with E-state index in [0.29, 0.717) is 43.5 Å². The van der Waals surface area contributed by atoms with Crippen LogP contribution >= 0.6 is 30.2 Å². The largest absolute Gasteiger partial charge is 0.461 e. The molecule has 0 fully saturated rings. The Balaban J connectivity index is 0.000000212. The summed E-state index contributed by atoms with van der Waals surface area (Å²) in [7, 11) is -7.03. The van der Waals surface area contributed by atoms with Crippen molar-refractivity contribution in [1.29, 1.82) is 0 Å². The molecule has 0 saturated carbocycles. The summed E-state index contributed by atoms with van der Waals surface area (Å²) in [6.45, 7) is 8.95. The smallest absolute Gasteiger partial charge is 0.302 e. The van der Waals surface area contributed by atoms with E-state index in [4.69, 9.17) is 4.74 Å². The molecule has 0 atom stereocenters. The van der Waals surface area contributed by atoms with Crippen molar-refractivity contribution in [3.63, 3.8) is 0 Å². The molecule has 0 amide bonds. The van der Waals surface area contributed by atoms with Gasteiger partial charge >= 0.3 is 5.97 Å². The Hall–Kier alpha value is -4.93. The van der Waals surface area contributed by atoms with E-state index in [1.54, 1.807) is 72.8 Å². The highest BCUT2D eigenvalue weighted by Crippen LogP contribution is 2.49. The van der Waals surface area contributed by atoms with Gasteiger partial charge in [-0.25, -0.2) is 0 Å². The molecule has 6 aromatic carbocycles. The number of carbonyl (C=O) groups excluding carboxylic acids is 3. The first kappa shape index (κ1) is 41.2. The standard InChI is InChI=1S/C24H23O4P.C22H20BrO2P/c1-17-14-20(16-28-19(3)25)15-18(2)23(17)24(26)29(27,21-10-6-4-7-11-21)22-12-8-5-9-13-22;1-16-13-18(15-23)14-17(2)21(16)22(24)26(25,19-9-5-3-6-10-19)20-11-7-4-8-12-20/h4-15H,16H2,1-3H3;3-14H,15H2,1-2H3. The molecule has 0 saturated heterocycles. The minimum atomic E-state index is -3.56. The van der Waals surface area contributed by atoms with Crippen molar-refractivity contribution in [2.24, 2.45) is 0 Å². The van der Waals surface area contributed by atoms with Gasteiger partial charge in [-0.15, -0.1) is 0 Å². The number of carbonyl (C=O) groups is 3. The third kappa shape index (κ3) is 8.97. The molecular weight excluding hydrogens is 790 g/mol. The molecule has 0 N–H and O–H groups in total. The maximum atomic E-state index is 14.3. The zero-order valence-corrected chi connectivity index (χ0v) is 34.9. The molecule has 0 bridgehead atoms. The lowest BCUT2D eigenvalue weighted by Gasteiger charge is -2.21. The van der Waals surface area contributed by atoms with E-state index in [-0.39, 0.29) is 23.6 Å². The van der Waals surface area contributed by atoms with Crippen molar-refractivity contribution in [3.8, 4) is 0 Å². The molecule has 9 heteroatoms. The lowest BCUT2D eigenvalue weighted by molar-refractivity contribution is -0.142. The Morgan fingerprint density at radius 2 is 0.764 bits per heavy atom. The zero-order valence-electron chi connectivity index (χ0n) is 31.5. The zero-order chi connectivity index (χ0) is 39.8. The van der Waals surface area contributed by atoms with Crippen molar-refractivity contribution in [1.82, 2.24) is 0 Å². The monoisotopic (exact) mass is 832 g/mol. The Labute approximate surface area is 331 Å². The number of alkyl halides is 1. The van der Waals surface area contributed by atoms with Crippen molar-refractivity contribution in [2.75, 3.05) is 0 Å². The van der Waals surface area contributed by atoms with E-state index in [2.05, 4.69) is 15.9 Å². The summed E-state index contributed by atoms with van der Waals surface area (Å²) in [5.41, 5.74) is 5.36. The van der Waals surface area contributed by atoms with E-state index in [1.807, 2.05) is 100 Å². The molecule has 0 aliphatic carbocycles. The van der Waals surface area contributed by atoms with Crippen molar-refractivity contribution in [3.05, 3.63) is 190 Å². The highest BCUT2D eigenvalue weighted by Gasteiger charge is 2.39. The van der Waals surface area contributed by atoms with Crippen LogP contribution in [0.3, 0.4) is 0 Å². The number of aryl methyl sites for hydroxylation is 4. The first-order valence-electron chi connectivity index (χ1n) is 17.7. The lowest BCUT2D eigenvalue weighted by Crippen LogP contribution is -2.23. The van der Waals surface area contributed by atoms with E-state index in [1.165, 1.54) is 6.92 Å². The Kier molecular flexibility index (Phi) is 13.6. The van der Waals surface area contributed by atoms with Gasteiger partial charge in [0.1, 0.15) is 6.61 Å². The number of benzene rings is 6. The fourth-order valence-electron chi connectivity index (χ4n) is 6.76. The van der Waals surface area contributed by atoms with Crippen LogP contribution in [0, 0.1) is 27.7 Å². The summed E-state index contributed by atoms with van der Waals surface area (Å²) >= 11 is 3.46. The SMILES string of the molecule is CC(=O)OCc1cc(C)c(C(=O)P(=O)(c2ccccc2)c2ccccc2)c(C)c1.Cc1cc(CBr)cc(C)c1C(=O)P(=O)(c1ccccc1)c1ccccc1. The summed E-state index contributed by atoms with van der Waals surface area (Å²) in [6, 6.07) is 43.5. The van der Waals surface area contributed by atoms with E-state index in [0.717, 1.165) is 27.6 Å². The minimum absolute atomic E-state index is 0.139. The van der Waals surface area contributed by atoms with Gasteiger partial charge < -0.3 is 13.9 Å². The van der Waals surface area contributed by atoms with Crippen LogP contribution in [0.15, 0.2) is 146 Å². The number of halogens is 1. The first-order chi connectivity index (χ1) is 26.3. The highest BCUT2D eigenvalue weighted by molar-refractivity contribution is 9.08. The second-order valence-corrected chi connectivity index (χ2v) is 19.2. The van der Waals surface area contributed by atoms with Crippen LogP contribution in [0.2, 0.25) is 0 Å². The average molecular weight is 834 g/mol. The van der Waals surface area contributed by atoms with Gasteiger partial charge in [0.05, 0.1) is 0 Å².